The summed E-state index contributed by atoms with van der Waals surface area (Å²) in [6.45, 7) is 7.23. The number of hydrogen-bond acceptors (Lipinski definition) is 6. The largest absolute Gasteiger partial charge is 0.348 e. The molecule has 1 fully saturated rings. The fraction of sp³-hybridized carbons (Fsp3) is 0.387. The number of nitrogens with zero attached hydrogens (tertiary/aromatic N) is 4. The van der Waals surface area contributed by atoms with E-state index < -0.39 is 0 Å². The van der Waals surface area contributed by atoms with Gasteiger partial charge in [-0.25, -0.2) is 4.98 Å². The van der Waals surface area contributed by atoms with E-state index in [0.29, 0.717) is 17.1 Å². The van der Waals surface area contributed by atoms with Crippen LogP contribution in [-0.2, 0) is 6.54 Å². The van der Waals surface area contributed by atoms with E-state index >= 15 is 0 Å². The fourth-order valence-corrected chi connectivity index (χ4v) is 5.20. The summed E-state index contributed by atoms with van der Waals surface area (Å²) >= 11 is 0. The Morgan fingerprint density at radius 3 is 2.45 bits per heavy atom. The number of benzene rings is 1. The monoisotopic (exact) mass is 539 g/mol. The molecule has 0 bridgehead atoms. The third-order valence-electron chi connectivity index (χ3n) is 7.59. The molecule has 0 saturated carbocycles. The average molecular weight is 540 g/mol. The Bertz CT molecular complexity index is 1450. The van der Waals surface area contributed by atoms with Crippen molar-refractivity contribution in [2.75, 3.05) is 18.4 Å². The van der Waals surface area contributed by atoms with E-state index in [1.807, 2.05) is 44.4 Å². The first kappa shape index (κ1) is 27.5. The van der Waals surface area contributed by atoms with E-state index in [4.69, 9.17) is 0 Å². The minimum atomic E-state index is -0.354. The highest BCUT2D eigenvalue weighted by atomic mass is 16.2. The van der Waals surface area contributed by atoms with Gasteiger partial charge >= 0.3 is 0 Å². The number of pyridine rings is 2. The number of nitrogens with one attached hydrogen (secondary N) is 3. The van der Waals surface area contributed by atoms with E-state index in [0.717, 1.165) is 54.5 Å². The summed E-state index contributed by atoms with van der Waals surface area (Å²) in [4.78, 5) is 36.9. The van der Waals surface area contributed by atoms with Crippen LogP contribution >= 0.6 is 0 Å². The van der Waals surface area contributed by atoms with Crippen LogP contribution in [0.5, 0.6) is 0 Å². The minimum absolute atomic E-state index is 0.115. The highest BCUT2D eigenvalue weighted by Crippen LogP contribution is 2.27. The number of rotatable bonds is 9. The van der Waals surface area contributed by atoms with Gasteiger partial charge in [0.1, 0.15) is 5.69 Å². The number of aromatic nitrogens is 4. The van der Waals surface area contributed by atoms with Crippen molar-refractivity contribution in [2.45, 2.75) is 65.0 Å². The van der Waals surface area contributed by atoms with Gasteiger partial charge in [0.15, 0.2) is 5.69 Å². The highest BCUT2D eigenvalue weighted by molar-refractivity contribution is 6.11. The van der Waals surface area contributed by atoms with E-state index in [1.165, 1.54) is 37.4 Å². The van der Waals surface area contributed by atoms with Gasteiger partial charge in [-0.05, 0) is 80.2 Å². The van der Waals surface area contributed by atoms with Crippen molar-refractivity contribution in [1.82, 2.24) is 30.4 Å². The molecule has 4 aromatic rings. The van der Waals surface area contributed by atoms with Crippen LogP contribution in [0, 0.1) is 0 Å². The molecular formula is C31H37N7O2. The van der Waals surface area contributed by atoms with Crippen molar-refractivity contribution < 1.29 is 9.59 Å². The van der Waals surface area contributed by atoms with Crippen LogP contribution in [0.25, 0.3) is 22.0 Å². The van der Waals surface area contributed by atoms with Gasteiger partial charge in [-0.1, -0.05) is 32.8 Å². The molecule has 3 N–H and O–H groups in total. The van der Waals surface area contributed by atoms with Gasteiger partial charge in [-0.3, -0.25) is 24.6 Å². The molecule has 40 heavy (non-hydrogen) atoms. The minimum Gasteiger partial charge on any atom is -0.348 e. The summed E-state index contributed by atoms with van der Waals surface area (Å²) in [7, 11) is 0. The second-order valence-electron chi connectivity index (χ2n) is 10.5. The second kappa shape index (κ2) is 12.8. The Morgan fingerprint density at radius 2 is 1.73 bits per heavy atom. The summed E-state index contributed by atoms with van der Waals surface area (Å²) in [5.41, 5.74) is 5.04. The van der Waals surface area contributed by atoms with Crippen LogP contribution in [0.4, 0.5) is 5.69 Å². The number of carbonyl (C=O) groups is 2. The third kappa shape index (κ3) is 6.54. The SMILES string of the molecule is CCC(CC)NC(=O)c1ccc(NC(=O)c2n[nH]c3ccc(-c4cncc(CN5CCCCCC5)c4)cc23)cn1. The van der Waals surface area contributed by atoms with E-state index in [1.54, 1.807) is 12.1 Å². The highest BCUT2D eigenvalue weighted by Gasteiger charge is 2.17. The van der Waals surface area contributed by atoms with Crippen LogP contribution in [0.3, 0.4) is 0 Å². The van der Waals surface area contributed by atoms with Crippen molar-refractivity contribution >= 4 is 28.4 Å². The maximum atomic E-state index is 13.2. The Morgan fingerprint density at radius 1 is 0.925 bits per heavy atom. The predicted octanol–water partition coefficient (Wildman–Crippen LogP) is 5.57. The van der Waals surface area contributed by atoms with Gasteiger partial charge in [0, 0.05) is 35.9 Å². The quantitative estimate of drug-likeness (QED) is 0.256. The Balaban J connectivity index is 1.30. The molecule has 9 nitrogen and oxygen atoms in total. The van der Waals surface area contributed by atoms with Crippen LogP contribution < -0.4 is 10.6 Å². The zero-order chi connectivity index (χ0) is 27.9. The van der Waals surface area contributed by atoms with Gasteiger partial charge in [0.05, 0.1) is 17.4 Å². The average Bonchev–Trinajstić information content (AvgIpc) is 3.24. The molecule has 9 heteroatoms. The zero-order valence-electron chi connectivity index (χ0n) is 23.2. The van der Waals surface area contributed by atoms with Crippen LogP contribution in [0.15, 0.2) is 55.0 Å². The van der Waals surface area contributed by atoms with Crippen LogP contribution in [0.1, 0.15) is 78.9 Å². The van der Waals surface area contributed by atoms with Gasteiger partial charge < -0.3 is 10.6 Å². The summed E-state index contributed by atoms with van der Waals surface area (Å²) in [5, 5.41) is 13.8. The number of aromatic amines is 1. The number of H-pyrrole nitrogens is 1. The van der Waals surface area contributed by atoms with Crippen molar-refractivity contribution in [3.05, 3.63) is 71.9 Å². The topological polar surface area (TPSA) is 116 Å². The number of amides is 2. The van der Waals surface area contributed by atoms with Crippen LogP contribution in [-0.4, -0.2) is 56.0 Å². The second-order valence-corrected chi connectivity index (χ2v) is 10.5. The van der Waals surface area contributed by atoms with Crippen molar-refractivity contribution in [3.63, 3.8) is 0 Å². The van der Waals surface area contributed by atoms with E-state index in [-0.39, 0.29) is 17.9 Å². The number of likely N-dealkylation sites (tertiary alicyclic amines) is 1. The molecule has 1 saturated heterocycles. The van der Waals surface area contributed by atoms with Crippen molar-refractivity contribution in [1.29, 1.82) is 0 Å². The maximum absolute atomic E-state index is 13.2. The molecule has 1 aliphatic heterocycles. The lowest BCUT2D eigenvalue weighted by Gasteiger charge is -2.19. The standard InChI is InChI=1S/C31H37N7O2/c1-3-24(4-2)34-30(39)28-12-10-25(19-33-28)35-31(40)29-26-16-22(9-11-27(26)36-37-29)23-15-21(17-32-18-23)20-38-13-7-5-6-8-14-38/h9-12,15-19,24H,3-8,13-14,20H2,1-2H3,(H,34,39)(H,35,40)(H,36,37). The lowest BCUT2D eigenvalue weighted by molar-refractivity contribution is 0.0929. The molecule has 2 amide bonds. The molecular weight excluding hydrogens is 502 g/mol. The summed E-state index contributed by atoms with van der Waals surface area (Å²) in [5.74, 6) is -0.574. The molecule has 3 aromatic heterocycles. The Kier molecular flexibility index (Phi) is 8.81. The first-order valence-corrected chi connectivity index (χ1v) is 14.3. The van der Waals surface area contributed by atoms with Gasteiger partial charge in [0.2, 0.25) is 0 Å². The van der Waals surface area contributed by atoms with Crippen LogP contribution in [0.2, 0.25) is 0 Å². The van der Waals surface area contributed by atoms with Crippen molar-refractivity contribution in [3.8, 4) is 11.1 Å². The molecule has 0 aliphatic carbocycles. The van der Waals surface area contributed by atoms with Gasteiger partial charge in [0.25, 0.3) is 11.8 Å². The molecule has 4 heterocycles. The number of fused-ring (bicyclic) bond motifs is 1. The predicted molar refractivity (Wildman–Crippen MR) is 157 cm³/mol. The Labute approximate surface area is 234 Å². The number of anilines is 1. The molecule has 0 spiro atoms. The van der Waals surface area contributed by atoms with E-state index in [2.05, 4.69) is 41.8 Å². The molecule has 0 radical (unpaired) electrons. The summed E-state index contributed by atoms with van der Waals surface area (Å²) < 4.78 is 0. The smallest absolute Gasteiger partial charge is 0.276 e. The molecule has 208 valence electrons. The van der Waals surface area contributed by atoms with Gasteiger partial charge in [-0.15, -0.1) is 0 Å². The van der Waals surface area contributed by atoms with E-state index in [9.17, 15) is 9.59 Å². The maximum Gasteiger partial charge on any atom is 0.276 e. The molecule has 1 aliphatic rings. The first-order valence-electron chi connectivity index (χ1n) is 14.3. The fourth-order valence-electron chi connectivity index (χ4n) is 5.20. The lowest BCUT2D eigenvalue weighted by Crippen LogP contribution is -2.34. The number of carbonyl (C=O) groups excluding carboxylic acids is 2. The zero-order valence-corrected chi connectivity index (χ0v) is 23.2. The third-order valence-corrected chi connectivity index (χ3v) is 7.59. The Hall–Kier alpha value is -4.11. The van der Waals surface area contributed by atoms with Gasteiger partial charge in [-0.2, -0.15) is 5.10 Å². The molecule has 5 rings (SSSR count). The molecule has 0 atom stereocenters. The lowest BCUT2D eigenvalue weighted by atomic mass is 10.0. The summed E-state index contributed by atoms with van der Waals surface area (Å²) in [6.07, 6.45) is 12.1. The number of hydrogen-bond donors (Lipinski definition) is 3. The first-order chi connectivity index (χ1) is 19.5. The normalized spacial score (nSPS) is 14.3. The summed E-state index contributed by atoms with van der Waals surface area (Å²) in [6, 6.07) is 11.5. The molecule has 0 unspecified atom stereocenters. The van der Waals surface area contributed by atoms with Crippen molar-refractivity contribution in [2.24, 2.45) is 0 Å². The molecule has 1 aromatic carbocycles.